The van der Waals surface area contributed by atoms with Gasteiger partial charge in [-0.05, 0) is 31.0 Å². The summed E-state index contributed by atoms with van der Waals surface area (Å²) in [5, 5.41) is 17.4. The second-order valence-electron chi connectivity index (χ2n) is 4.09. The van der Waals surface area contributed by atoms with Gasteiger partial charge in [0.05, 0.1) is 22.6 Å². The zero-order valence-corrected chi connectivity index (χ0v) is 11.7. The third-order valence-corrected chi connectivity index (χ3v) is 3.30. The Bertz CT molecular complexity index is 635. The summed E-state index contributed by atoms with van der Waals surface area (Å²) in [6, 6.07) is 2.52. The number of aliphatic hydroxyl groups is 1. The maximum atomic E-state index is 11.7. The quantitative estimate of drug-likeness (QED) is 0.376. The smallest absolute Gasteiger partial charge is 0.338 e. The fourth-order valence-electron chi connectivity index (χ4n) is 1.45. The number of ether oxygens (including phenoxy) is 1. The zero-order chi connectivity index (χ0) is 16.0. The first kappa shape index (κ1) is 17.1. The number of aromatic carboxylic acids is 1. The van der Waals surface area contributed by atoms with E-state index in [0.717, 1.165) is 18.2 Å². The largest absolute Gasteiger partial charge is 0.478 e. The second-order valence-corrected chi connectivity index (χ2v) is 5.51. The molecule has 3 N–H and O–H groups in total. The van der Waals surface area contributed by atoms with E-state index in [1.807, 2.05) is 0 Å². The van der Waals surface area contributed by atoms with Crippen LogP contribution in [-0.4, -0.2) is 48.3 Å². The number of rotatable bonds is 7. The predicted molar refractivity (Wildman–Crippen MR) is 69.8 cm³/mol. The molecule has 0 aromatic heterocycles. The molecule has 0 radical (unpaired) electrons. The molecule has 21 heavy (non-hydrogen) atoms. The lowest BCUT2D eigenvalue weighted by atomic mass is 10.1. The Morgan fingerprint density at radius 3 is 2.24 bits per heavy atom. The average Bonchev–Trinajstić information content (AvgIpc) is 2.41. The molecule has 0 heterocycles. The number of carbonyl (C=O) groups is 2. The molecule has 0 atom stereocenters. The molecule has 0 aliphatic rings. The van der Waals surface area contributed by atoms with Crippen LogP contribution in [0.4, 0.5) is 0 Å². The van der Waals surface area contributed by atoms with E-state index in [1.165, 1.54) is 0 Å². The highest BCUT2D eigenvalue weighted by molar-refractivity contribution is 7.85. The number of hydrogen-bond acceptors (Lipinski definition) is 6. The number of aliphatic hydroxyl groups excluding tert-OH is 1. The number of benzene rings is 1. The molecule has 1 aromatic carbocycles. The molecule has 0 bridgehead atoms. The topological polar surface area (TPSA) is 138 Å². The van der Waals surface area contributed by atoms with Crippen molar-refractivity contribution < 1.29 is 37.5 Å². The molecule has 0 aliphatic heterocycles. The Hall–Kier alpha value is -1.97. The number of unbranched alkanes of at least 4 members (excludes halogenated alkanes) is 1. The molecule has 0 amide bonds. The van der Waals surface area contributed by atoms with Crippen LogP contribution >= 0.6 is 0 Å². The van der Waals surface area contributed by atoms with Gasteiger partial charge in [0.25, 0.3) is 10.1 Å². The van der Waals surface area contributed by atoms with Gasteiger partial charge in [0.15, 0.2) is 0 Å². The molecule has 8 nitrogen and oxygen atoms in total. The summed E-state index contributed by atoms with van der Waals surface area (Å²) in [6.45, 7) is -0.0587. The van der Waals surface area contributed by atoms with Crippen LogP contribution in [0.25, 0.3) is 0 Å². The van der Waals surface area contributed by atoms with Crippen LogP contribution in [0.1, 0.15) is 33.6 Å². The highest BCUT2D eigenvalue weighted by atomic mass is 32.2. The maximum absolute atomic E-state index is 11.7. The van der Waals surface area contributed by atoms with Crippen molar-refractivity contribution in [3.05, 3.63) is 29.3 Å². The van der Waals surface area contributed by atoms with Crippen LogP contribution in [0.3, 0.4) is 0 Å². The summed E-state index contributed by atoms with van der Waals surface area (Å²) >= 11 is 0. The fourth-order valence-corrected chi connectivity index (χ4v) is 2.00. The van der Waals surface area contributed by atoms with E-state index in [4.69, 9.17) is 19.5 Å². The SMILES string of the molecule is O=C(O)c1cc(C(=O)OCCCCO)cc(S(=O)(=O)O)c1. The average molecular weight is 318 g/mol. The first-order valence-corrected chi connectivity index (χ1v) is 7.33. The lowest BCUT2D eigenvalue weighted by Gasteiger charge is -2.07. The van der Waals surface area contributed by atoms with Crippen LogP contribution in [0.2, 0.25) is 0 Å². The van der Waals surface area contributed by atoms with Gasteiger partial charge < -0.3 is 14.9 Å². The molecule has 0 saturated carbocycles. The van der Waals surface area contributed by atoms with Crippen LogP contribution in [0.5, 0.6) is 0 Å². The molecular weight excluding hydrogens is 304 g/mol. The maximum Gasteiger partial charge on any atom is 0.338 e. The number of carboxylic acid groups (broad SMARTS) is 1. The van der Waals surface area contributed by atoms with Gasteiger partial charge in [-0.2, -0.15) is 8.42 Å². The number of esters is 1. The molecule has 0 fully saturated rings. The number of carboxylic acids is 1. The van der Waals surface area contributed by atoms with E-state index in [9.17, 15) is 18.0 Å². The van der Waals surface area contributed by atoms with E-state index in [2.05, 4.69) is 0 Å². The van der Waals surface area contributed by atoms with Crippen LogP contribution in [0.15, 0.2) is 23.1 Å². The van der Waals surface area contributed by atoms with Crippen LogP contribution in [0, 0.1) is 0 Å². The van der Waals surface area contributed by atoms with E-state index in [0.29, 0.717) is 12.8 Å². The lowest BCUT2D eigenvalue weighted by Crippen LogP contribution is -2.11. The van der Waals surface area contributed by atoms with E-state index >= 15 is 0 Å². The van der Waals surface area contributed by atoms with Gasteiger partial charge in [0.2, 0.25) is 0 Å². The fraction of sp³-hybridized carbons (Fsp3) is 0.333. The van der Waals surface area contributed by atoms with Gasteiger partial charge in [-0.15, -0.1) is 0 Å². The third kappa shape index (κ3) is 5.14. The Morgan fingerprint density at radius 2 is 1.71 bits per heavy atom. The van der Waals surface area contributed by atoms with Crippen molar-refractivity contribution in [3.8, 4) is 0 Å². The van der Waals surface area contributed by atoms with Gasteiger partial charge in [-0.3, -0.25) is 4.55 Å². The molecule has 0 saturated heterocycles. The Labute approximate surface area is 120 Å². The van der Waals surface area contributed by atoms with Crippen molar-refractivity contribution in [1.82, 2.24) is 0 Å². The summed E-state index contributed by atoms with van der Waals surface area (Å²) in [5.41, 5.74) is -0.765. The second kappa shape index (κ2) is 7.16. The Balaban J connectivity index is 3.03. The molecule has 116 valence electrons. The molecule has 0 unspecified atom stereocenters. The van der Waals surface area contributed by atoms with Gasteiger partial charge in [0.1, 0.15) is 0 Å². The summed E-state index contributed by atoms with van der Waals surface area (Å²) < 4.78 is 35.9. The lowest BCUT2D eigenvalue weighted by molar-refractivity contribution is 0.0492. The van der Waals surface area contributed by atoms with E-state index in [1.54, 1.807) is 0 Å². The standard InChI is InChI=1S/C12H14O8S/c13-3-1-2-4-20-12(16)9-5-8(11(14)15)6-10(7-9)21(17,18)19/h5-7,13H,1-4H2,(H,14,15)(H,17,18,19). The van der Waals surface area contributed by atoms with Crippen molar-refractivity contribution in [3.63, 3.8) is 0 Å². The summed E-state index contributed by atoms with van der Waals surface area (Å²) in [7, 11) is -4.65. The highest BCUT2D eigenvalue weighted by Gasteiger charge is 2.18. The molecule has 1 rings (SSSR count). The third-order valence-electron chi connectivity index (χ3n) is 2.47. The first-order valence-electron chi connectivity index (χ1n) is 5.89. The van der Waals surface area contributed by atoms with E-state index < -0.39 is 32.5 Å². The molecule has 9 heteroatoms. The minimum atomic E-state index is -4.65. The van der Waals surface area contributed by atoms with Crippen molar-refractivity contribution >= 4 is 22.1 Å². The van der Waals surface area contributed by atoms with Crippen molar-refractivity contribution in [2.45, 2.75) is 17.7 Å². The molecular formula is C12H14O8S. The zero-order valence-electron chi connectivity index (χ0n) is 10.9. The summed E-state index contributed by atoms with van der Waals surface area (Å²) in [5.74, 6) is -2.37. The van der Waals surface area contributed by atoms with Gasteiger partial charge in [-0.1, -0.05) is 0 Å². The number of carbonyl (C=O) groups excluding carboxylic acids is 1. The normalized spacial score (nSPS) is 11.1. The first-order chi connectivity index (χ1) is 9.75. The van der Waals surface area contributed by atoms with Crippen LogP contribution < -0.4 is 0 Å². The van der Waals surface area contributed by atoms with Gasteiger partial charge in [-0.25, -0.2) is 9.59 Å². The minimum Gasteiger partial charge on any atom is -0.478 e. The molecule has 1 aromatic rings. The van der Waals surface area contributed by atoms with Crippen molar-refractivity contribution in [2.24, 2.45) is 0 Å². The van der Waals surface area contributed by atoms with Gasteiger partial charge in [0, 0.05) is 6.61 Å². The molecule has 0 spiro atoms. The minimum absolute atomic E-state index is 0.00208. The molecule has 0 aliphatic carbocycles. The highest BCUT2D eigenvalue weighted by Crippen LogP contribution is 2.16. The predicted octanol–water partition coefficient (Wildman–Crippen LogP) is 0.561. The Morgan fingerprint density at radius 1 is 1.10 bits per heavy atom. The van der Waals surface area contributed by atoms with Gasteiger partial charge >= 0.3 is 11.9 Å². The van der Waals surface area contributed by atoms with Crippen molar-refractivity contribution in [1.29, 1.82) is 0 Å². The number of hydrogen-bond donors (Lipinski definition) is 3. The summed E-state index contributed by atoms with van der Waals surface area (Å²) in [4.78, 5) is 21.9. The van der Waals surface area contributed by atoms with Crippen molar-refractivity contribution in [2.75, 3.05) is 13.2 Å². The monoisotopic (exact) mass is 318 g/mol. The Kier molecular flexibility index (Phi) is 5.82. The van der Waals surface area contributed by atoms with Crippen LogP contribution in [-0.2, 0) is 14.9 Å². The summed E-state index contributed by atoms with van der Waals surface area (Å²) in [6.07, 6.45) is 0.838. The van der Waals surface area contributed by atoms with E-state index in [-0.39, 0.29) is 18.8 Å².